The van der Waals surface area contributed by atoms with E-state index in [0.29, 0.717) is 11.3 Å². The summed E-state index contributed by atoms with van der Waals surface area (Å²) in [5.74, 6) is -2.45. The smallest absolute Gasteiger partial charge is 0.343 e. The highest BCUT2D eigenvalue weighted by atomic mass is 16.5. The summed E-state index contributed by atoms with van der Waals surface area (Å²) in [4.78, 5) is 35.9. The minimum absolute atomic E-state index is 0.151. The molecule has 0 saturated heterocycles. The highest BCUT2D eigenvalue weighted by Crippen LogP contribution is 2.25. The number of carbonyl (C=O) groups excluding carboxylic acids is 2. The van der Waals surface area contributed by atoms with Crippen LogP contribution in [0.2, 0.25) is 0 Å². The Morgan fingerprint density at radius 2 is 1.37 bits per heavy atom. The SMILES string of the molecule is O=C(Nc1ccc(C(=O)O)c(OC(=O)c2ccccc2)c1)c1ccccc1. The number of hydrogen-bond acceptors (Lipinski definition) is 4. The molecule has 0 saturated carbocycles. The van der Waals surface area contributed by atoms with Crippen molar-refractivity contribution in [3.8, 4) is 5.75 Å². The van der Waals surface area contributed by atoms with E-state index in [1.807, 2.05) is 0 Å². The van der Waals surface area contributed by atoms with Gasteiger partial charge in [0.15, 0.2) is 0 Å². The Morgan fingerprint density at radius 3 is 1.96 bits per heavy atom. The molecule has 0 aliphatic rings. The van der Waals surface area contributed by atoms with Gasteiger partial charge in [-0.15, -0.1) is 0 Å². The van der Waals surface area contributed by atoms with Gasteiger partial charge in [-0.3, -0.25) is 4.79 Å². The lowest BCUT2D eigenvalue weighted by atomic mass is 10.1. The van der Waals surface area contributed by atoms with Gasteiger partial charge in [0.25, 0.3) is 5.91 Å². The number of hydrogen-bond donors (Lipinski definition) is 2. The van der Waals surface area contributed by atoms with Crippen LogP contribution < -0.4 is 10.1 Å². The fraction of sp³-hybridized carbons (Fsp3) is 0. The summed E-state index contributed by atoms with van der Waals surface area (Å²) in [7, 11) is 0. The quantitative estimate of drug-likeness (QED) is 0.532. The molecule has 2 N–H and O–H groups in total. The minimum Gasteiger partial charge on any atom is -0.478 e. The number of nitrogens with one attached hydrogen (secondary N) is 1. The third kappa shape index (κ3) is 4.38. The average Bonchev–Trinajstić information content (AvgIpc) is 2.69. The molecule has 0 aliphatic heterocycles. The van der Waals surface area contributed by atoms with Gasteiger partial charge in [0.2, 0.25) is 0 Å². The molecule has 6 nitrogen and oxygen atoms in total. The summed E-state index contributed by atoms with van der Waals surface area (Å²) in [6.07, 6.45) is 0. The average molecular weight is 361 g/mol. The lowest BCUT2D eigenvalue weighted by Gasteiger charge is -2.11. The maximum Gasteiger partial charge on any atom is 0.343 e. The third-order valence-electron chi connectivity index (χ3n) is 3.72. The molecular formula is C21H15NO5. The van der Waals surface area contributed by atoms with Crippen LogP contribution in [0.5, 0.6) is 5.75 Å². The second-order valence-electron chi connectivity index (χ2n) is 5.59. The Kier molecular flexibility index (Phi) is 5.28. The van der Waals surface area contributed by atoms with Crippen molar-refractivity contribution in [3.05, 3.63) is 95.6 Å². The molecule has 0 aliphatic carbocycles. The van der Waals surface area contributed by atoms with Gasteiger partial charge in [-0.1, -0.05) is 36.4 Å². The van der Waals surface area contributed by atoms with Crippen molar-refractivity contribution in [2.45, 2.75) is 0 Å². The molecule has 3 aromatic rings. The summed E-state index contributed by atoms with van der Waals surface area (Å²) in [6, 6.07) is 20.8. The monoisotopic (exact) mass is 361 g/mol. The van der Waals surface area contributed by atoms with E-state index in [2.05, 4.69) is 5.32 Å². The molecule has 0 unspecified atom stereocenters. The number of carbonyl (C=O) groups is 3. The summed E-state index contributed by atoms with van der Waals surface area (Å²) in [5, 5.41) is 12.0. The predicted octanol–water partition coefficient (Wildman–Crippen LogP) is 3.86. The fourth-order valence-electron chi connectivity index (χ4n) is 2.39. The van der Waals surface area contributed by atoms with Crippen LogP contribution in [0, 0.1) is 0 Å². The zero-order valence-electron chi connectivity index (χ0n) is 14.1. The number of carboxylic acids is 1. The summed E-state index contributed by atoms with van der Waals surface area (Å²) >= 11 is 0. The van der Waals surface area contributed by atoms with E-state index in [1.165, 1.54) is 18.2 Å². The molecule has 0 heterocycles. The van der Waals surface area contributed by atoms with Crippen molar-refractivity contribution < 1.29 is 24.2 Å². The molecule has 6 heteroatoms. The van der Waals surface area contributed by atoms with Gasteiger partial charge in [-0.2, -0.15) is 0 Å². The van der Waals surface area contributed by atoms with Crippen LogP contribution in [0.25, 0.3) is 0 Å². The summed E-state index contributed by atoms with van der Waals surface area (Å²) < 4.78 is 5.25. The number of amides is 1. The van der Waals surface area contributed by atoms with E-state index in [9.17, 15) is 19.5 Å². The highest BCUT2D eigenvalue weighted by Gasteiger charge is 2.17. The van der Waals surface area contributed by atoms with Gasteiger partial charge in [-0.05, 0) is 36.4 Å². The molecular weight excluding hydrogens is 346 g/mol. The molecule has 0 fully saturated rings. The zero-order chi connectivity index (χ0) is 19.2. The van der Waals surface area contributed by atoms with Crippen molar-refractivity contribution in [1.29, 1.82) is 0 Å². The lowest BCUT2D eigenvalue weighted by molar-refractivity contribution is 0.0681. The fourth-order valence-corrected chi connectivity index (χ4v) is 2.39. The van der Waals surface area contributed by atoms with Crippen LogP contribution in [0.15, 0.2) is 78.9 Å². The maximum absolute atomic E-state index is 12.3. The van der Waals surface area contributed by atoms with Crippen LogP contribution >= 0.6 is 0 Å². The van der Waals surface area contributed by atoms with Gasteiger partial charge in [0, 0.05) is 17.3 Å². The third-order valence-corrected chi connectivity index (χ3v) is 3.72. The van der Waals surface area contributed by atoms with E-state index < -0.39 is 11.9 Å². The number of carboxylic acid groups (broad SMARTS) is 1. The number of aromatic carboxylic acids is 1. The van der Waals surface area contributed by atoms with Gasteiger partial charge in [-0.25, -0.2) is 9.59 Å². The molecule has 0 bridgehead atoms. The number of esters is 1. The maximum atomic E-state index is 12.3. The molecule has 27 heavy (non-hydrogen) atoms. The standard InChI is InChI=1S/C21H15NO5/c23-19(14-7-3-1-4-8-14)22-16-11-12-17(20(24)25)18(13-16)27-21(26)15-9-5-2-6-10-15/h1-13H,(H,22,23)(H,24,25). The molecule has 3 aromatic carbocycles. The predicted molar refractivity (Wildman–Crippen MR) is 99.2 cm³/mol. The Bertz CT molecular complexity index is 984. The van der Waals surface area contributed by atoms with E-state index >= 15 is 0 Å². The van der Waals surface area contributed by atoms with E-state index in [-0.39, 0.29) is 22.8 Å². The highest BCUT2D eigenvalue weighted by molar-refractivity contribution is 6.05. The van der Waals surface area contributed by atoms with Crippen molar-refractivity contribution >= 4 is 23.5 Å². The number of benzene rings is 3. The number of anilines is 1. The molecule has 3 rings (SSSR count). The molecule has 134 valence electrons. The first-order chi connectivity index (χ1) is 13.0. The largest absolute Gasteiger partial charge is 0.478 e. The summed E-state index contributed by atoms with van der Waals surface area (Å²) in [6.45, 7) is 0. The van der Waals surface area contributed by atoms with Crippen molar-refractivity contribution in [2.75, 3.05) is 5.32 Å². The van der Waals surface area contributed by atoms with Crippen LogP contribution in [0.3, 0.4) is 0 Å². The first-order valence-corrected chi connectivity index (χ1v) is 8.05. The first kappa shape index (κ1) is 17.9. The van der Waals surface area contributed by atoms with Gasteiger partial charge in [0.05, 0.1) is 5.56 Å². The second kappa shape index (κ2) is 7.97. The number of rotatable bonds is 5. The Hall–Kier alpha value is -3.93. The Balaban J connectivity index is 1.85. The van der Waals surface area contributed by atoms with E-state index in [4.69, 9.17) is 4.74 Å². The van der Waals surface area contributed by atoms with Gasteiger partial charge >= 0.3 is 11.9 Å². The molecule has 1 amide bonds. The van der Waals surface area contributed by atoms with Crippen LogP contribution in [0.1, 0.15) is 31.1 Å². The van der Waals surface area contributed by atoms with Crippen molar-refractivity contribution in [2.24, 2.45) is 0 Å². The molecule has 0 atom stereocenters. The van der Waals surface area contributed by atoms with Crippen LogP contribution in [-0.4, -0.2) is 23.0 Å². The molecule has 0 spiro atoms. The van der Waals surface area contributed by atoms with E-state index in [0.717, 1.165) is 0 Å². The first-order valence-electron chi connectivity index (χ1n) is 8.05. The van der Waals surface area contributed by atoms with E-state index in [1.54, 1.807) is 60.7 Å². The van der Waals surface area contributed by atoms with Crippen molar-refractivity contribution in [3.63, 3.8) is 0 Å². The van der Waals surface area contributed by atoms with Gasteiger partial charge in [0.1, 0.15) is 11.3 Å². The van der Waals surface area contributed by atoms with Gasteiger partial charge < -0.3 is 15.2 Å². The second-order valence-corrected chi connectivity index (χ2v) is 5.59. The Labute approximate surface area is 155 Å². The van der Waals surface area contributed by atoms with Crippen LogP contribution in [0.4, 0.5) is 5.69 Å². The summed E-state index contributed by atoms with van der Waals surface area (Å²) in [5.41, 5.74) is 0.858. The zero-order valence-corrected chi connectivity index (χ0v) is 14.1. The molecule has 0 aromatic heterocycles. The minimum atomic E-state index is -1.24. The lowest BCUT2D eigenvalue weighted by Crippen LogP contribution is -2.14. The van der Waals surface area contributed by atoms with Crippen molar-refractivity contribution in [1.82, 2.24) is 0 Å². The Morgan fingerprint density at radius 1 is 0.778 bits per heavy atom. The number of ether oxygens (including phenoxy) is 1. The molecule has 0 radical (unpaired) electrons. The normalized spacial score (nSPS) is 10.1. The topological polar surface area (TPSA) is 92.7 Å². The van der Waals surface area contributed by atoms with Crippen LogP contribution in [-0.2, 0) is 0 Å².